The summed E-state index contributed by atoms with van der Waals surface area (Å²) in [5.74, 6) is -1.64. The summed E-state index contributed by atoms with van der Waals surface area (Å²) < 4.78 is 37.3. The minimum atomic E-state index is -3.70. The molecule has 0 atom stereocenters. The SMILES string of the molecule is Cc1ccc(S(=O)(=O)CC(=O)c2ccc(F)cc2)cc1C. The maximum Gasteiger partial charge on any atom is 0.185 e. The fourth-order valence-corrected chi connectivity index (χ4v) is 3.19. The highest BCUT2D eigenvalue weighted by Gasteiger charge is 2.20. The van der Waals surface area contributed by atoms with E-state index in [0.29, 0.717) is 0 Å². The molecular weight excluding hydrogens is 291 g/mol. The molecule has 0 heterocycles. The Morgan fingerprint density at radius 2 is 1.62 bits per heavy atom. The van der Waals surface area contributed by atoms with Crippen LogP contribution in [0.1, 0.15) is 21.5 Å². The molecule has 0 unspecified atom stereocenters. The second kappa shape index (κ2) is 5.77. The van der Waals surface area contributed by atoms with Crippen LogP contribution >= 0.6 is 0 Å². The molecule has 0 spiro atoms. The van der Waals surface area contributed by atoms with E-state index >= 15 is 0 Å². The Kier molecular flexibility index (Phi) is 4.23. The number of benzene rings is 2. The number of carbonyl (C=O) groups excluding carboxylic acids is 1. The summed E-state index contributed by atoms with van der Waals surface area (Å²) in [6.45, 7) is 3.70. The van der Waals surface area contributed by atoms with E-state index in [1.54, 1.807) is 12.1 Å². The molecule has 0 fully saturated rings. The van der Waals surface area contributed by atoms with Gasteiger partial charge in [0.25, 0.3) is 0 Å². The third kappa shape index (κ3) is 3.55. The molecule has 0 saturated carbocycles. The molecule has 5 heteroatoms. The molecule has 2 aromatic carbocycles. The van der Waals surface area contributed by atoms with Crippen molar-refractivity contribution in [3.63, 3.8) is 0 Å². The third-order valence-electron chi connectivity index (χ3n) is 3.32. The first-order valence-corrected chi connectivity index (χ1v) is 8.03. The molecule has 0 aliphatic heterocycles. The summed E-state index contributed by atoms with van der Waals surface area (Å²) in [7, 11) is -3.70. The zero-order valence-electron chi connectivity index (χ0n) is 11.8. The van der Waals surface area contributed by atoms with Gasteiger partial charge in [-0.3, -0.25) is 4.79 Å². The summed E-state index contributed by atoms with van der Waals surface area (Å²) in [4.78, 5) is 12.1. The molecule has 0 amide bonds. The Morgan fingerprint density at radius 1 is 1.00 bits per heavy atom. The van der Waals surface area contributed by atoms with Gasteiger partial charge in [0.1, 0.15) is 11.6 Å². The smallest absolute Gasteiger partial charge is 0.185 e. The number of aryl methyl sites for hydroxylation is 2. The topological polar surface area (TPSA) is 51.2 Å². The van der Waals surface area contributed by atoms with E-state index in [4.69, 9.17) is 0 Å². The van der Waals surface area contributed by atoms with Gasteiger partial charge in [-0.05, 0) is 61.4 Å². The molecule has 0 N–H and O–H groups in total. The van der Waals surface area contributed by atoms with Crippen molar-refractivity contribution in [1.82, 2.24) is 0 Å². The van der Waals surface area contributed by atoms with Crippen molar-refractivity contribution < 1.29 is 17.6 Å². The van der Waals surface area contributed by atoms with Crippen LogP contribution in [0, 0.1) is 19.7 Å². The molecular formula is C16H15FO3S. The fourth-order valence-electron chi connectivity index (χ4n) is 1.88. The molecule has 2 rings (SSSR count). The molecule has 2 aromatic rings. The Balaban J connectivity index is 2.26. The van der Waals surface area contributed by atoms with E-state index in [1.165, 1.54) is 18.2 Å². The van der Waals surface area contributed by atoms with Crippen LogP contribution in [0.25, 0.3) is 0 Å². The molecule has 110 valence electrons. The lowest BCUT2D eigenvalue weighted by atomic mass is 10.1. The van der Waals surface area contributed by atoms with Gasteiger partial charge in [-0.1, -0.05) is 6.07 Å². The van der Waals surface area contributed by atoms with Crippen LogP contribution in [0.5, 0.6) is 0 Å². The number of ketones is 1. The second-order valence-corrected chi connectivity index (χ2v) is 6.92. The third-order valence-corrected chi connectivity index (χ3v) is 4.94. The zero-order valence-corrected chi connectivity index (χ0v) is 12.6. The highest BCUT2D eigenvalue weighted by atomic mass is 32.2. The van der Waals surface area contributed by atoms with E-state index in [2.05, 4.69) is 0 Å². The van der Waals surface area contributed by atoms with Crippen LogP contribution in [0.4, 0.5) is 4.39 Å². The lowest BCUT2D eigenvalue weighted by Gasteiger charge is -2.07. The Hall–Kier alpha value is -2.01. The van der Waals surface area contributed by atoms with Crippen LogP contribution in [0.15, 0.2) is 47.4 Å². The van der Waals surface area contributed by atoms with Crippen LogP contribution in [-0.4, -0.2) is 20.0 Å². The summed E-state index contributed by atoms with van der Waals surface area (Å²) >= 11 is 0. The molecule has 0 bridgehead atoms. The summed E-state index contributed by atoms with van der Waals surface area (Å²) in [6, 6.07) is 9.61. The van der Waals surface area contributed by atoms with Gasteiger partial charge in [-0.2, -0.15) is 0 Å². The number of hydrogen-bond acceptors (Lipinski definition) is 3. The predicted octanol–water partition coefficient (Wildman–Crippen LogP) is 3.10. The number of halogens is 1. The Morgan fingerprint density at radius 3 is 2.19 bits per heavy atom. The first kappa shape index (κ1) is 15.4. The predicted molar refractivity (Wildman–Crippen MR) is 78.7 cm³/mol. The summed E-state index contributed by atoms with van der Waals surface area (Å²) in [5, 5.41) is 0. The van der Waals surface area contributed by atoms with Crippen LogP contribution in [0.2, 0.25) is 0 Å². The quantitative estimate of drug-likeness (QED) is 0.816. The summed E-state index contributed by atoms with van der Waals surface area (Å²) in [5.41, 5.74) is 2.02. The van der Waals surface area contributed by atoms with E-state index < -0.39 is 27.2 Å². The Labute approximate surface area is 123 Å². The minimum Gasteiger partial charge on any atom is -0.293 e. The number of hydrogen-bond donors (Lipinski definition) is 0. The Bertz CT molecular complexity index is 778. The number of Topliss-reactive ketones (excluding diaryl/α,β-unsaturated/α-hetero) is 1. The minimum absolute atomic E-state index is 0.126. The average Bonchev–Trinajstić information content (AvgIpc) is 2.42. The first-order valence-electron chi connectivity index (χ1n) is 6.38. The fraction of sp³-hybridized carbons (Fsp3) is 0.188. The monoisotopic (exact) mass is 306 g/mol. The standard InChI is InChI=1S/C16H15FO3S/c1-11-3-8-15(9-12(11)2)21(19,20)10-16(18)13-4-6-14(17)7-5-13/h3-9H,10H2,1-2H3. The summed E-state index contributed by atoms with van der Waals surface area (Å²) in [6.07, 6.45) is 0. The van der Waals surface area contributed by atoms with Crippen molar-refractivity contribution in [2.75, 3.05) is 5.75 Å². The molecule has 0 saturated heterocycles. The molecule has 0 aliphatic rings. The van der Waals surface area contributed by atoms with E-state index in [-0.39, 0.29) is 10.5 Å². The molecule has 3 nitrogen and oxygen atoms in total. The molecule has 21 heavy (non-hydrogen) atoms. The van der Waals surface area contributed by atoms with Crippen molar-refractivity contribution in [2.24, 2.45) is 0 Å². The number of sulfone groups is 1. The van der Waals surface area contributed by atoms with Gasteiger partial charge in [0, 0.05) is 5.56 Å². The van der Waals surface area contributed by atoms with Crippen molar-refractivity contribution in [1.29, 1.82) is 0 Å². The molecule has 0 radical (unpaired) electrons. The lowest BCUT2D eigenvalue weighted by molar-refractivity contribution is 0.102. The van der Waals surface area contributed by atoms with Crippen LogP contribution in [0.3, 0.4) is 0 Å². The maximum atomic E-state index is 12.8. The van der Waals surface area contributed by atoms with Crippen LogP contribution in [-0.2, 0) is 9.84 Å². The average molecular weight is 306 g/mol. The second-order valence-electron chi connectivity index (χ2n) is 4.94. The van der Waals surface area contributed by atoms with E-state index in [1.807, 2.05) is 13.8 Å². The zero-order chi connectivity index (χ0) is 15.6. The van der Waals surface area contributed by atoms with E-state index in [0.717, 1.165) is 23.3 Å². The van der Waals surface area contributed by atoms with Crippen molar-refractivity contribution in [3.05, 3.63) is 65.0 Å². The normalized spacial score (nSPS) is 11.4. The molecule has 0 aliphatic carbocycles. The first-order chi connectivity index (χ1) is 9.79. The van der Waals surface area contributed by atoms with Gasteiger partial charge in [0.15, 0.2) is 15.6 Å². The van der Waals surface area contributed by atoms with Gasteiger partial charge in [-0.25, -0.2) is 12.8 Å². The van der Waals surface area contributed by atoms with Gasteiger partial charge in [0.05, 0.1) is 4.90 Å². The van der Waals surface area contributed by atoms with Crippen molar-refractivity contribution in [3.8, 4) is 0 Å². The highest BCUT2D eigenvalue weighted by Crippen LogP contribution is 2.17. The van der Waals surface area contributed by atoms with Gasteiger partial charge in [0.2, 0.25) is 0 Å². The van der Waals surface area contributed by atoms with Gasteiger partial charge in [-0.15, -0.1) is 0 Å². The largest absolute Gasteiger partial charge is 0.293 e. The van der Waals surface area contributed by atoms with Crippen molar-refractivity contribution >= 4 is 15.6 Å². The van der Waals surface area contributed by atoms with Gasteiger partial charge >= 0.3 is 0 Å². The van der Waals surface area contributed by atoms with Crippen LogP contribution < -0.4 is 0 Å². The van der Waals surface area contributed by atoms with Gasteiger partial charge < -0.3 is 0 Å². The maximum absolute atomic E-state index is 12.8. The molecule has 0 aromatic heterocycles. The number of rotatable bonds is 4. The highest BCUT2D eigenvalue weighted by molar-refractivity contribution is 7.92. The van der Waals surface area contributed by atoms with Crippen molar-refractivity contribution in [2.45, 2.75) is 18.7 Å². The van der Waals surface area contributed by atoms with E-state index in [9.17, 15) is 17.6 Å². The number of carbonyl (C=O) groups is 1. The lowest BCUT2D eigenvalue weighted by Crippen LogP contribution is -2.16.